The Morgan fingerprint density at radius 3 is 2.75 bits per heavy atom. The van der Waals surface area contributed by atoms with Crippen LogP contribution in [0.1, 0.15) is 5.76 Å². The van der Waals surface area contributed by atoms with Crippen molar-refractivity contribution in [3.63, 3.8) is 0 Å². The van der Waals surface area contributed by atoms with Crippen molar-refractivity contribution in [3.8, 4) is 5.75 Å². The minimum Gasteiger partial charge on any atom is -0.495 e. The largest absolute Gasteiger partial charge is 0.495 e. The second-order valence-corrected chi connectivity index (χ2v) is 4.46. The Morgan fingerprint density at radius 2 is 2.12 bits per heavy atom. The molecule has 0 aliphatic rings. The first-order chi connectivity index (χ1) is 7.70. The maximum absolute atomic E-state index is 5.75. The van der Waals surface area contributed by atoms with Crippen LogP contribution < -0.4 is 10.5 Å². The highest BCUT2D eigenvalue weighted by Gasteiger charge is 2.06. The van der Waals surface area contributed by atoms with E-state index < -0.39 is 0 Å². The quantitative estimate of drug-likeness (QED) is 0.829. The number of anilines is 1. The van der Waals surface area contributed by atoms with Gasteiger partial charge in [0.25, 0.3) is 0 Å². The number of furan rings is 1. The van der Waals surface area contributed by atoms with Gasteiger partial charge in [-0.25, -0.2) is 0 Å². The van der Waals surface area contributed by atoms with Gasteiger partial charge in [0.05, 0.1) is 24.0 Å². The number of hydrogen-bond donors (Lipinski definition) is 1. The first kappa shape index (κ1) is 11.0. The maximum Gasteiger partial charge on any atom is 0.142 e. The fraction of sp³-hybridized carbons (Fsp3) is 0.167. The molecule has 0 radical (unpaired) electrons. The topological polar surface area (TPSA) is 48.4 Å². The van der Waals surface area contributed by atoms with Crippen molar-refractivity contribution in [3.05, 3.63) is 36.3 Å². The molecular weight excluding hydrogens is 222 g/mol. The summed E-state index contributed by atoms with van der Waals surface area (Å²) in [5.74, 6) is 1.62. The van der Waals surface area contributed by atoms with E-state index in [4.69, 9.17) is 14.9 Å². The molecule has 2 N–H and O–H groups in total. The highest BCUT2D eigenvalue weighted by molar-refractivity contribution is 7.99. The molecule has 0 saturated heterocycles. The smallest absolute Gasteiger partial charge is 0.142 e. The summed E-state index contributed by atoms with van der Waals surface area (Å²) in [7, 11) is 1.61. The van der Waals surface area contributed by atoms with Gasteiger partial charge in [-0.2, -0.15) is 0 Å². The number of benzene rings is 1. The van der Waals surface area contributed by atoms with Crippen molar-refractivity contribution in [2.75, 3.05) is 12.8 Å². The molecule has 0 fully saturated rings. The van der Waals surface area contributed by atoms with Gasteiger partial charge in [0.1, 0.15) is 11.5 Å². The molecule has 0 saturated carbocycles. The minimum absolute atomic E-state index is 0.649. The third-order valence-corrected chi connectivity index (χ3v) is 3.38. The van der Waals surface area contributed by atoms with Gasteiger partial charge in [0.2, 0.25) is 0 Å². The molecule has 1 heterocycles. The Labute approximate surface area is 98.6 Å². The third kappa shape index (κ3) is 2.17. The van der Waals surface area contributed by atoms with Crippen molar-refractivity contribution in [2.24, 2.45) is 0 Å². The van der Waals surface area contributed by atoms with Crippen LogP contribution in [0.25, 0.3) is 0 Å². The van der Waals surface area contributed by atoms with Gasteiger partial charge in [-0.3, -0.25) is 0 Å². The molecule has 0 unspecified atom stereocenters. The van der Waals surface area contributed by atoms with Crippen LogP contribution >= 0.6 is 11.8 Å². The standard InChI is InChI=1S/C12H13NO2S/c1-8-12(5-6-15-8)16-9-3-4-10(13)11(7-9)14-2/h3-7H,13H2,1-2H3. The third-order valence-electron chi connectivity index (χ3n) is 2.24. The molecule has 0 bridgehead atoms. The molecule has 16 heavy (non-hydrogen) atoms. The molecule has 1 aromatic carbocycles. The Kier molecular flexibility index (Phi) is 3.10. The molecule has 0 spiro atoms. The van der Waals surface area contributed by atoms with Gasteiger partial charge in [0, 0.05) is 4.90 Å². The zero-order valence-corrected chi connectivity index (χ0v) is 10.0. The van der Waals surface area contributed by atoms with Crippen molar-refractivity contribution >= 4 is 17.4 Å². The zero-order valence-electron chi connectivity index (χ0n) is 9.19. The Bertz CT molecular complexity index is 494. The normalized spacial score (nSPS) is 10.4. The SMILES string of the molecule is COc1cc(Sc2ccoc2C)ccc1N. The van der Waals surface area contributed by atoms with Crippen molar-refractivity contribution in [2.45, 2.75) is 16.7 Å². The number of hydrogen-bond acceptors (Lipinski definition) is 4. The van der Waals surface area contributed by atoms with Gasteiger partial charge in [0.15, 0.2) is 0 Å². The molecule has 0 aliphatic carbocycles. The molecule has 1 aromatic heterocycles. The molecule has 0 aliphatic heterocycles. The van der Waals surface area contributed by atoms with E-state index in [0.29, 0.717) is 11.4 Å². The fourth-order valence-electron chi connectivity index (χ4n) is 1.36. The maximum atomic E-state index is 5.75. The second-order valence-electron chi connectivity index (χ2n) is 3.35. The predicted octanol–water partition coefficient (Wildman–Crippen LogP) is 3.33. The highest BCUT2D eigenvalue weighted by Crippen LogP contribution is 2.34. The van der Waals surface area contributed by atoms with E-state index in [1.807, 2.05) is 31.2 Å². The lowest BCUT2D eigenvalue weighted by molar-refractivity contribution is 0.416. The van der Waals surface area contributed by atoms with Crippen LogP contribution in [0.15, 0.2) is 44.7 Å². The van der Waals surface area contributed by atoms with Crippen molar-refractivity contribution in [1.29, 1.82) is 0 Å². The van der Waals surface area contributed by atoms with Crippen LogP contribution in [0, 0.1) is 6.92 Å². The average molecular weight is 235 g/mol. The molecular formula is C12H13NO2S. The van der Waals surface area contributed by atoms with Gasteiger partial charge >= 0.3 is 0 Å². The summed E-state index contributed by atoms with van der Waals surface area (Å²) in [5, 5.41) is 0. The molecule has 2 rings (SSSR count). The minimum atomic E-state index is 0.649. The van der Waals surface area contributed by atoms with E-state index in [2.05, 4.69) is 0 Å². The van der Waals surface area contributed by atoms with Gasteiger partial charge < -0.3 is 14.9 Å². The van der Waals surface area contributed by atoms with Crippen LogP contribution in [-0.2, 0) is 0 Å². The Morgan fingerprint density at radius 1 is 1.31 bits per heavy atom. The first-order valence-electron chi connectivity index (χ1n) is 4.86. The van der Waals surface area contributed by atoms with E-state index in [0.717, 1.165) is 15.6 Å². The molecule has 3 nitrogen and oxygen atoms in total. The highest BCUT2D eigenvalue weighted by atomic mass is 32.2. The van der Waals surface area contributed by atoms with Gasteiger partial charge in [-0.15, -0.1) is 0 Å². The van der Waals surface area contributed by atoms with Crippen molar-refractivity contribution in [1.82, 2.24) is 0 Å². The number of ether oxygens (including phenoxy) is 1. The van der Waals surface area contributed by atoms with Crippen LogP contribution in [0.3, 0.4) is 0 Å². The first-order valence-corrected chi connectivity index (χ1v) is 5.68. The molecule has 4 heteroatoms. The number of nitrogen functional groups attached to an aromatic ring is 1. The van der Waals surface area contributed by atoms with Crippen molar-refractivity contribution < 1.29 is 9.15 Å². The number of aryl methyl sites for hydroxylation is 1. The van der Waals surface area contributed by atoms with Crippen LogP contribution in [0.2, 0.25) is 0 Å². The predicted molar refractivity (Wildman–Crippen MR) is 65.0 cm³/mol. The molecule has 0 amide bonds. The van der Waals surface area contributed by atoms with Gasteiger partial charge in [-0.05, 0) is 31.2 Å². The lowest BCUT2D eigenvalue weighted by Gasteiger charge is -2.06. The fourth-order valence-corrected chi connectivity index (χ4v) is 2.23. The molecule has 2 aromatic rings. The molecule has 84 valence electrons. The lowest BCUT2D eigenvalue weighted by Crippen LogP contribution is -1.91. The number of methoxy groups -OCH3 is 1. The van der Waals surface area contributed by atoms with Gasteiger partial charge in [-0.1, -0.05) is 11.8 Å². The monoisotopic (exact) mass is 235 g/mol. The summed E-state index contributed by atoms with van der Waals surface area (Å²) in [6.45, 7) is 1.94. The Hall–Kier alpha value is -1.55. The van der Waals surface area contributed by atoms with E-state index in [-0.39, 0.29) is 0 Å². The van der Waals surface area contributed by atoms with E-state index >= 15 is 0 Å². The van der Waals surface area contributed by atoms with E-state index in [1.54, 1.807) is 25.1 Å². The lowest BCUT2D eigenvalue weighted by atomic mass is 10.3. The van der Waals surface area contributed by atoms with Crippen LogP contribution in [-0.4, -0.2) is 7.11 Å². The summed E-state index contributed by atoms with van der Waals surface area (Å²) >= 11 is 1.63. The molecule has 0 atom stereocenters. The Balaban J connectivity index is 2.25. The summed E-state index contributed by atoms with van der Waals surface area (Å²) in [5.41, 5.74) is 6.40. The average Bonchev–Trinajstić information content (AvgIpc) is 2.67. The number of nitrogens with two attached hydrogens (primary N) is 1. The summed E-state index contributed by atoms with van der Waals surface area (Å²) in [4.78, 5) is 2.18. The summed E-state index contributed by atoms with van der Waals surface area (Å²) in [6, 6.07) is 7.68. The van der Waals surface area contributed by atoms with Crippen LogP contribution in [0.5, 0.6) is 5.75 Å². The zero-order chi connectivity index (χ0) is 11.5. The number of rotatable bonds is 3. The van der Waals surface area contributed by atoms with E-state index in [1.165, 1.54) is 0 Å². The summed E-state index contributed by atoms with van der Waals surface area (Å²) < 4.78 is 10.4. The summed E-state index contributed by atoms with van der Waals surface area (Å²) in [6.07, 6.45) is 1.69. The van der Waals surface area contributed by atoms with Crippen LogP contribution in [0.4, 0.5) is 5.69 Å². The second kappa shape index (κ2) is 4.53. The van der Waals surface area contributed by atoms with E-state index in [9.17, 15) is 0 Å².